The first-order chi connectivity index (χ1) is 13.0. The van der Waals surface area contributed by atoms with Crippen LogP contribution in [-0.4, -0.2) is 31.8 Å². The summed E-state index contributed by atoms with van der Waals surface area (Å²) >= 11 is 0. The Labute approximate surface area is 156 Å². The van der Waals surface area contributed by atoms with Crippen molar-refractivity contribution < 1.29 is 19.0 Å². The summed E-state index contributed by atoms with van der Waals surface area (Å²) < 4.78 is 17.4. The van der Waals surface area contributed by atoms with E-state index in [4.69, 9.17) is 14.2 Å². The van der Waals surface area contributed by atoms with E-state index in [1.54, 1.807) is 48.0 Å². The number of rotatable bonds is 5. The van der Waals surface area contributed by atoms with Crippen molar-refractivity contribution in [1.29, 1.82) is 0 Å². The minimum atomic E-state index is -0.535. The third kappa shape index (κ3) is 3.44. The number of carbonyl (C=O) groups is 1. The fraction of sp³-hybridized carbons (Fsp3) is 0.200. The van der Waals surface area contributed by atoms with Gasteiger partial charge in [-0.1, -0.05) is 0 Å². The molecule has 0 bridgehead atoms. The molecule has 27 heavy (non-hydrogen) atoms. The van der Waals surface area contributed by atoms with E-state index in [0.717, 1.165) is 0 Å². The average Bonchev–Trinajstić information content (AvgIpc) is 2.70. The van der Waals surface area contributed by atoms with E-state index >= 15 is 0 Å². The van der Waals surface area contributed by atoms with Gasteiger partial charge in [0.1, 0.15) is 22.8 Å². The lowest BCUT2D eigenvalue weighted by Gasteiger charge is -2.13. The second-order valence-corrected chi connectivity index (χ2v) is 5.89. The van der Waals surface area contributed by atoms with E-state index in [0.29, 0.717) is 33.8 Å². The SMILES string of the molecule is COc1ccc(OC)c(NC(=O)c2cn(C)c3ccc(OC)cc3c2=O)c1. The molecule has 0 saturated carbocycles. The van der Waals surface area contributed by atoms with E-state index in [2.05, 4.69) is 5.32 Å². The van der Waals surface area contributed by atoms with E-state index in [9.17, 15) is 9.59 Å². The number of benzene rings is 2. The molecular weight excluding hydrogens is 348 g/mol. The molecule has 140 valence electrons. The minimum Gasteiger partial charge on any atom is -0.497 e. The molecule has 1 N–H and O–H groups in total. The monoisotopic (exact) mass is 368 g/mol. The average molecular weight is 368 g/mol. The van der Waals surface area contributed by atoms with Gasteiger partial charge in [-0.25, -0.2) is 0 Å². The Morgan fingerprint density at radius 2 is 1.63 bits per heavy atom. The zero-order valence-corrected chi connectivity index (χ0v) is 15.5. The fourth-order valence-electron chi connectivity index (χ4n) is 2.86. The number of nitrogens with zero attached hydrogens (tertiary/aromatic N) is 1. The molecule has 0 radical (unpaired) electrons. The molecule has 7 nitrogen and oxygen atoms in total. The Balaban J connectivity index is 2.06. The van der Waals surface area contributed by atoms with Crippen molar-refractivity contribution in [2.45, 2.75) is 0 Å². The Bertz CT molecular complexity index is 1070. The van der Waals surface area contributed by atoms with Gasteiger partial charge in [-0.15, -0.1) is 0 Å². The van der Waals surface area contributed by atoms with Gasteiger partial charge in [-0.2, -0.15) is 0 Å². The smallest absolute Gasteiger partial charge is 0.261 e. The number of nitrogens with one attached hydrogen (secondary N) is 1. The Kier molecular flexibility index (Phi) is 5.03. The van der Waals surface area contributed by atoms with Crippen molar-refractivity contribution in [3.63, 3.8) is 0 Å². The molecule has 0 aliphatic heterocycles. The molecule has 0 aliphatic rings. The van der Waals surface area contributed by atoms with Gasteiger partial charge in [0.15, 0.2) is 0 Å². The quantitative estimate of drug-likeness (QED) is 0.749. The number of hydrogen-bond donors (Lipinski definition) is 1. The minimum absolute atomic E-state index is 0.0168. The zero-order chi connectivity index (χ0) is 19.6. The van der Waals surface area contributed by atoms with E-state index < -0.39 is 5.91 Å². The van der Waals surface area contributed by atoms with Crippen LogP contribution in [0.2, 0.25) is 0 Å². The van der Waals surface area contributed by atoms with Crippen LogP contribution in [0.1, 0.15) is 10.4 Å². The third-order valence-electron chi connectivity index (χ3n) is 4.30. The van der Waals surface area contributed by atoms with Crippen molar-refractivity contribution in [1.82, 2.24) is 4.57 Å². The van der Waals surface area contributed by atoms with Gasteiger partial charge in [0.2, 0.25) is 5.43 Å². The summed E-state index contributed by atoms with van der Waals surface area (Å²) in [6, 6.07) is 10.2. The van der Waals surface area contributed by atoms with Crippen LogP contribution in [0.3, 0.4) is 0 Å². The predicted octanol–water partition coefficient (Wildman–Crippen LogP) is 2.82. The van der Waals surface area contributed by atoms with Gasteiger partial charge >= 0.3 is 0 Å². The molecule has 0 aliphatic carbocycles. The van der Waals surface area contributed by atoms with Crippen LogP contribution in [-0.2, 0) is 7.05 Å². The highest BCUT2D eigenvalue weighted by Gasteiger charge is 2.17. The van der Waals surface area contributed by atoms with Gasteiger partial charge < -0.3 is 24.1 Å². The first kappa shape index (κ1) is 18.3. The maximum Gasteiger partial charge on any atom is 0.261 e. The molecule has 0 unspecified atom stereocenters. The second kappa shape index (κ2) is 7.41. The normalized spacial score (nSPS) is 10.5. The van der Waals surface area contributed by atoms with Gasteiger partial charge in [-0.3, -0.25) is 9.59 Å². The van der Waals surface area contributed by atoms with Gasteiger partial charge in [0, 0.05) is 19.3 Å². The molecule has 7 heteroatoms. The number of pyridine rings is 1. The summed E-state index contributed by atoms with van der Waals surface area (Å²) in [5.74, 6) is 1.03. The van der Waals surface area contributed by atoms with Crippen molar-refractivity contribution >= 4 is 22.5 Å². The van der Waals surface area contributed by atoms with Gasteiger partial charge in [0.05, 0.1) is 37.9 Å². The number of methoxy groups -OCH3 is 3. The number of carbonyl (C=O) groups excluding carboxylic acids is 1. The molecular formula is C20H20N2O5. The standard InChI is InChI=1S/C20H20N2O5/c1-22-11-15(19(23)14-9-12(25-2)5-7-17(14)22)20(24)21-16-10-13(26-3)6-8-18(16)27-4/h5-11H,1-4H3,(H,21,24). The maximum atomic E-state index is 12.9. The van der Waals surface area contributed by atoms with Crippen LogP contribution in [0, 0.1) is 0 Å². The summed E-state index contributed by atoms with van der Waals surface area (Å²) in [6.45, 7) is 0. The molecule has 0 fully saturated rings. The molecule has 3 aromatic rings. The number of aromatic nitrogens is 1. The highest BCUT2D eigenvalue weighted by molar-refractivity contribution is 6.06. The first-order valence-electron chi connectivity index (χ1n) is 8.19. The molecule has 0 atom stereocenters. The summed E-state index contributed by atoms with van der Waals surface area (Å²) in [7, 11) is 6.33. The fourth-order valence-corrected chi connectivity index (χ4v) is 2.86. The van der Waals surface area contributed by atoms with Crippen LogP contribution in [0.4, 0.5) is 5.69 Å². The summed E-state index contributed by atoms with van der Waals surface area (Å²) in [5, 5.41) is 3.13. The third-order valence-corrected chi connectivity index (χ3v) is 4.30. The Morgan fingerprint density at radius 1 is 0.963 bits per heavy atom. The highest BCUT2D eigenvalue weighted by atomic mass is 16.5. The van der Waals surface area contributed by atoms with Gasteiger partial charge in [-0.05, 0) is 30.3 Å². The number of ether oxygens (including phenoxy) is 3. The topological polar surface area (TPSA) is 78.8 Å². The summed E-state index contributed by atoms with van der Waals surface area (Å²) in [6.07, 6.45) is 1.51. The van der Waals surface area contributed by atoms with Gasteiger partial charge in [0.25, 0.3) is 5.91 Å². The summed E-state index contributed by atoms with van der Waals surface area (Å²) in [5.41, 5.74) is 0.760. The van der Waals surface area contributed by atoms with Crippen LogP contribution in [0.15, 0.2) is 47.4 Å². The van der Waals surface area contributed by atoms with Crippen molar-refractivity contribution in [2.24, 2.45) is 7.05 Å². The Morgan fingerprint density at radius 3 is 2.30 bits per heavy atom. The van der Waals surface area contributed by atoms with Crippen LogP contribution >= 0.6 is 0 Å². The number of hydrogen-bond acceptors (Lipinski definition) is 5. The largest absolute Gasteiger partial charge is 0.497 e. The molecule has 2 aromatic carbocycles. The maximum absolute atomic E-state index is 12.9. The van der Waals surface area contributed by atoms with Crippen LogP contribution in [0.25, 0.3) is 10.9 Å². The Hall–Kier alpha value is -3.48. The second-order valence-electron chi connectivity index (χ2n) is 5.89. The number of fused-ring (bicyclic) bond motifs is 1. The number of amides is 1. The van der Waals surface area contributed by atoms with E-state index in [1.807, 2.05) is 0 Å². The molecule has 3 rings (SSSR count). The molecule has 0 spiro atoms. The number of aryl methyl sites for hydroxylation is 1. The van der Waals surface area contributed by atoms with Crippen molar-refractivity contribution in [3.8, 4) is 17.2 Å². The molecule has 1 amide bonds. The van der Waals surface area contributed by atoms with Crippen molar-refractivity contribution in [3.05, 3.63) is 58.4 Å². The van der Waals surface area contributed by atoms with Crippen molar-refractivity contribution in [2.75, 3.05) is 26.6 Å². The van der Waals surface area contributed by atoms with E-state index in [1.165, 1.54) is 27.5 Å². The lowest BCUT2D eigenvalue weighted by Crippen LogP contribution is -2.23. The first-order valence-corrected chi connectivity index (χ1v) is 8.19. The van der Waals surface area contributed by atoms with Crippen LogP contribution in [0.5, 0.6) is 17.2 Å². The highest BCUT2D eigenvalue weighted by Crippen LogP contribution is 2.29. The predicted molar refractivity (Wildman–Crippen MR) is 103 cm³/mol. The molecule has 1 aromatic heterocycles. The summed E-state index contributed by atoms with van der Waals surface area (Å²) in [4.78, 5) is 25.7. The lowest BCUT2D eigenvalue weighted by atomic mass is 10.1. The molecule has 1 heterocycles. The number of anilines is 1. The molecule has 0 saturated heterocycles. The zero-order valence-electron chi connectivity index (χ0n) is 15.5. The lowest BCUT2D eigenvalue weighted by molar-refractivity contribution is 0.102. The van der Waals surface area contributed by atoms with E-state index in [-0.39, 0.29) is 11.0 Å². The van der Waals surface area contributed by atoms with Crippen LogP contribution < -0.4 is 25.0 Å².